The highest BCUT2D eigenvalue weighted by Gasteiger charge is 2.57. The predicted molar refractivity (Wildman–Crippen MR) is 146 cm³/mol. The quantitative estimate of drug-likeness (QED) is 0.285. The topological polar surface area (TPSA) is 86.7 Å². The molecule has 4 atom stereocenters. The Bertz CT molecular complexity index is 1470. The van der Waals surface area contributed by atoms with Crippen molar-refractivity contribution in [2.24, 2.45) is 5.92 Å². The molecule has 1 aliphatic rings. The predicted octanol–water partition coefficient (Wildman–Crippen LogP) is 6.46. The number of aryl methyl sites for hydroxylation is 1. The molecule has 1 aliphatic heterocycles. The van der Waals surface area contributed by atoms with Gasteiger partial charge in [0.15, 0.2) is 5.78 Å². The van der Waals surface area contributed by atoms with Crippen LogP contribution in [-0.2, 0) is 4.79 Å². The number of hydrogen-bond donors (Lipinski definition) is 2. The third-order valence-electron chi connectivity index (χ3n) is 7.21. The summed E-state index contributed by atoms with van der Waals surface area (Å²) in [5.41, 5.74) is 3.02. The van der Waals surface area contributed by atoms with E-state index in [1.165, 1.54) is 29.2 Å². The van der Waals surface area contributed by atoms with Gasteiger partial charge in [-0.15, -0.1) is 0 Å². The molecule has 0 saturated carbocycles. The molecule has 0 aromatic heterocycles. The Balaban J connectivity index is 1.70. The second-order valence-corrected chi connectivity index (χ2v) is 9.68. The maximum absolute atomic E-state index is 14.2. The van der Waals surface area contributed by atoms with Crippen LogP contribution in [0.2, 0.25) is 0 Å². The molecular formula is C32H27FN2O4. The van der Waals surface area contributed by atoms with Crippen molar-refractivity contribution in [2.45, 2.75) is 24.9 Å². The van der Waals surface area contributed by atoms with E-state index in [4.69, 9.17) is 0 Å². The fourth-order valence-corrected chi connectivity index (χ4v) is 5.46. The van der Waals surface area contributed by atoms with Crippen molar-refractivity contribution in [1.29, 1.82) is 0 Å². The molecule has 4 aromatic carbocycles. The molecule has 1 saturated heterocycles. The van der Waals surface area contributed by atoms with Crippen molar-refractivity contribution in [1.82, 2.24) is 4.90 Å². The lowest BCUT2D eigenvalue weighted by molar-refractivity contribution is -0.142. The molecule has 39 heavy (non-hydrogen) atoms. The summed E-state index contributed by atoms with van der Waals surface area (Å²) in [4.78, 5) is 42.3. The number of nitrogens with zero attached hydrogens (tertiary/aromatic N) is 1. The first kappa shape index (κ1) is 25.9. The number of carboxylic acids is 1. The summed E-state index contributed by atoms with van der Waals surface area (Å²) in [6.07, 6.45) is 0. The second-order valence-electron chi connectivity index (χ2n) is 9.68. The highest BCUT2D eigenvalue weighted by atomic mass is 19.1. The second kappa shape index (κ2) is 10.9. The van der Waals surface area contributed by atoms with Crippen LogP contribution in [0.5, 0.6) is 0 Å². The van der Waals surface area contributed by atoms with Gasteiger partial charge in [-0.25, -0.2) is 14.0 Å². The summed E-state index contributed by atoms with van der Waals surface area (Å²) < 4.78 is 13.5. The molecule has 7 heteroatoms. The highest BCUT2D eigenvalue weighted by Crippen LogP contribution is 2.51. The Morgan fingerprint density at radius 3 is 1.95 bits per heavy atom. The maximum atomic E-state index is 14.2. The molecule has 1 fully saturated rings. The van der Waals surface area contributed by atoms with Crippen molar-refractivity contribution < 1.29 is 23.9 Å². The molecular weight excluding hydrogens is 495 g/mol. The molecule has 5 rings (SSSR count). The Morgan fingerprint density at radius 1 is 0.769 bits per heavy atom. The van der Waals surface area contributed by atoms with Gasteiger partial charge >= 0.3 is 12.0 Å². The maximum Gasteiger partial charge on any atom is 0.327 e. The summed E-state index contributed by atoms with van der Waals surface area (Å²) in [7, 11) is 0. The van der Waals surface area contributed by atoms with Crippen molar-refractivity contribution in [3.8, 4) is 0 Å². The molecule has 0 radical (unpaired) electrons. The molecule has 2 N–H and O–H groups in total. The number of amides is 2. The Hall–Kier alpha value is -4.78. The van der Waals surface area contributed by atoms with Crippen LogP contribution in [0.25, 0.3) is 0 Å². The first-order chi connectivity index (χ1) is 18.8. The zero-order valence-electron chi connectivity index (χ0n) is 21.2. The van der Waals surface area contributed by atoms with Gasteiger partial charge in [0.1, 0.15) is 11.9 Å². The molecule has 0 aliphatic carbocycles. The lowest BCUT2D eigenvalue weighted by Crippen LogP contribution is -2.45. The molecule has 196 valence electrons. The number of benzene rings is 4. The number of ketones is 1. The summed E-state index contributed by atoms with van der Waals surface area (Å²) in [5.74, 6) is -3.66. The fourth-order valence-electron chi connectivity index (χ4n) is 5.46. The van der Waals surface area contributed by atoms with Crippen LogP contribution in [0.15, 0.2) is 109 Å². The van der Waals surface area contributed by atoms with Crippen LogP contribution in [0.3, 0.4) is 0 Å². The van der Waals surface area contributed by atoms with Gasteiger partial charge in [0.2, 0.25) is 0 Å². The standard InChI is InChI=1S/C32H27FN2O4/c1-20-12-14-22(15-13-20)28-27(30(36)23-10-6-3-7-11-23)26(21-8-4-2-5-9-21)29(31(37)38)35(28)32(39)34-25-18-16-24(33)17-19-25/h2-19,26-29H,1H3,(H,34,39)(H,37,38). The molecule has 4 aromatic rings. The number of likely N-dealkylation sites (tertiary alicyclic amines) is 1. The number of nitrogens with one attached hydrogen (secondary N) is 1. The number of halogens is 1. The summed E-state index contributed by atoms with van der Waals surface area (Å²) in [6.45, 7) is 1.93. The molecule has 2 amide bonds. The lowest BCUT2D eigenvalue weighted by atomic mass is 9.76. The van der Waals surface area contributed by atoms with Crippen LogP contribution in [0, 0.1) is 18.7 Å². The van der Waals surface area contributed by atoms with Crippen molar-refractivity contribution in [2.75, 3.05) is 5.32 Å². The third kappa shape index (κ3) is 5.16. The Kier molecular flexibility index (Phi) is 7.23. The third-order valence-corrected chi connectivity index (χ3v) is 7.21. The zero-order chi connectivity index (χ0) is 27.5. The SMILES string of the molecule is Cc1ccc(C2C(C(=O)c3ccccc3)C(c3ccccc3)C(C(=O)O)N2C(=O)Nc2ccc(F)cc2)cc1. The van der Waals surface area contributed by atoms with Crippen LogP contribution in [-0.4, -0.2) is 33.8 Å². The van der Waals surface area contributed by atoms with Gasteiger partial charge in [-0.05, 0) is 42.3 Å². The Morgan fingerprint density at radius 2 is 1.36 bits per heavy atom. The van der Waals surface area contributed by atoms with E-state index in [2.05, 4.69) is 5.32 Å². The van der Waals surface area contributed by atoms with E-state index in [1.807, 2.05) is 37.3 Å². The minimum atomic E-state index is -1.35. The van der Waals surface area contributed by atoms with E-state index < -0.39 is 41.7 Å². The molecule has 6 nitrogen and oxygen atoms in total. The molecule has 1 heterocycles. The lowest BCUT2D eigenvalue weighted by Gasteiger charge is -2.30. The van der Waals surface area contributed by atoms with Gasteiger partial charge in [-0.2, -0.15) is 0 Å². The number of urea groups is 1. The molecule has 0 bridgehead atoms. The van der Waals surface area contributed by atoms with Gasteiger partial charge < -0.3 is 15.3 Å². The van der Waals surface area contributed by atoms with Gasteiger partial charge in [-0.1, -0.05) is 90.5 Å². The highest BCUT2D eigenvalue weighted by molar-refractivity contribution is 6.02. The van der Waals surface area contributed by atoms with Gasteiger partial charge in [0.25, 0.3) is 0 Å². The minimum absolute atomic E-state index is 0.252. The fraction of sp³-hybridized carbons (Fsp3) is 0.156. The summed E-state index contributed by atoms with van der Waals surface area (Å²) in [6, 6.07) is 27.4. The number of carbonyl (C=O) groups excluding carboxylic acids is 2. The van der Waals surface area contributed by atoms with Crippen LogP contribution in [0.1, 0.15) is 39.0 Å². The number of rotatable bonds is 6. The monoisotopic (exact) mass is 522 g/mol. The number of anilines is 1. The Labute approximate surface area is 225 Å². The average Bonchev–Trinajstić information content (AvgIpc) is 3.32. The average molecular weight is 523 g/mol. The minimum Gasteiger partial charge on any atom is -0.480 e. The van der Waals surface area contributed by atoms with Gasteiger partial charge in [-0.3, -0.25) is 4.79 Å². The summed E-state index contributed by atoms with van der Waals surface area (Å²) in [5, 5.41) is 13.3. The van der Waals surface area contributed by atoms with E-state index in [0.717, 1.165) is 5.56 Å². The first-order valence-corrected chi connectivity index (χ1v) is 12.6. The summed E-state index contributed by atoms with van der Waals surface area (Å²) >= 11 is 0. The van der Waals surface area contributed by atoms with Crippen LogP contribution in [0.4, 0.5) is 14.9 Å². The van der Waals surface area contributed by atoms with E-state index >= 15 is 0 Å². The van der Waals surface area contributed by atoms with E-state index in [1.54, 1.807) is 54.6 Å². The number of aliphatic carboxylic acids is 1. The number of Topliss-reactive ketones (excluding diaryl/α,β-unsaturated/α-hetero) is 1. The molecule has 4 unspecified atom stereocenters. The smallest absolute Gasteiger partial charge is 0.327 e. The van der Waals surface area contributed by atoms with E-state index in [0.29, 0.717) is 22.4 Å². The van der Waals surface area contributed by atoms with Crippen molar-refractivity contribution in [3.63, 3.8) is 0 Å². The van der Waals surface area contributed by atoms with E-state index in [9.17, 15) is 23.9 Å². The van der Waals surface area contributed by atoms with Crippen molar-refractivity contribution >= 4 is 23.5 Å². The first-order valence-electron chi connectivity index (χ1n) is 12.6. The van der Waals surface area contributed by atoms with Gasteiger partial charge in [0.05, 0.1) is 12.0 Å². The van der Waals surface area contributed by atoms with Crippen LogP contribution >= 0.6 is 0 Å². The zero-order valence-corrected chi connectivity index (χ0v) is 21.2. The largest absolute Gasteiger partial charge is 0.480 e. The normalized spacial score (nSPS) is 20.4. The number of carboxylic acid groups (broad SMARTS) is 1. The molecule has 0 spiro atoms. The van der Waals surface area contributed by atoms with Gasteiger partial charge in [0, 0.05) is 17.2 Å². The number of hydrogen-bond acceptors (Lipinski definition) is 3. The van der Waals surface area contributed by atoms with Crippen LogP contribution < -0.4 is 5.32 Å². The van der Waals surface area contributed by atoms with Crippen molar-refractivity contribution in [3.05, 3.63) is 137 Å². The van der Waals surface area contributed by atoms with E-state index in [-0.39, 0.29) is 5.78 Å². The number of carbonyl (C=O) groups is 3.